The van der Waals surface area contributed by atoms with Gasteiger partial charge in [0.25, 0.3) is 5.91 Å². The molecule has 1 fully saturated rings. The fraction of sp³-hybridized carbons (Fsp3) is 0.435. The van der Waals surface area contributed by atoms with E-state index >= 15 is 0 Å². The molecule has 0 radical (unpaired) electrons. The molecule has 0 saturated carbocycles. The van der Waals surface area contributed by atoms with Crippen LogP contribution >= 0.6 is 0 Å². The van der Waals surface area contributed by atoms with Gasteiger partial charge in [-0.2, -0.15) is 0 Å². The van der Waals surface area contributed by atoms with Crippen molar-refractivity contribution in [2.45, 2.75) is 32.9 Å². The van der Waals surface area contributed by atoms with Gasteiger partial charge in [-0.25, -0.2) is 0 Å². The van der Waals surface area contributed by atoms with Crippen molar-refractivity contribution in [3.05, 3.63) is 65.2 Å². The Balaban J connectivity index is 1.59. The predicted molar refractivity (Wildman–Crippen MR) is 109 cm³/mol. The summed E-state index contributed by atoms with van der Waals surface area (Å²) in [5.74, 6) is 1.68. The third-order valence-corrected chi connectivity index (χ3v) is 5.43. The molecule has 2 aromatic carbocycles. The number of ether oxygens (including phenoxy) is 1. The van der Waals surface area contributed by atoms with Crippen molar-refractivity contribution in [3.63, 3.8) is 0 Å². The molecular formula is C23H30N2O2. The number of likely N-dealkylation sites (tertiary alicyclic amines) is 1. The molecule has 0 bridgehead atoms. The summed E-state index contributed by atoms with van der Waals surface area (Å²) in [4.78, 5) is 17.0. The van der Waals surface area contributed by atoms with Crippen molar-refractivity contribution in [3.8, 4) is 5.75 Å². The van der Waals surface area contributed by atoms with E-state index in [4.69, 9.17) is 4.74 Å². The van der Waals surface area contributed by atoms with Crippen LogP contribution in [0.4, 0.5) is 0 Å². The largest absolute Gasteiger partial charge is 0.496 e. The van der Waals surface area contributed by atoms with Gasteiger partial charge in [0.1, 0.15) is 5.75 Å². The monoisotopic (exact) mass is 366 g/mol. The zero-order chi connectivity index (χ0) is 19.2. The molecule has 4 heteroatoms. The number of carbonyl (C=O) groups is 1. The highest BCUT2D eigenvalue weighted by Crippen LogP contribution is 2.21. The van der Waals surface area contributed by atoms with Gasteiger partial charge in [-0.1, -0.05) is 37.3 Å². The topological polar surface area (TPSA) is 32.8 Å². The number of nitrogens with zero attached hydrogens (tertiary/aromatic N) is 2. The number of para-hydroxylation sites is 1. The lowest BCUT2D eigenvalue weighted by atomic mass is 9.99. The van der Waals surface area contributed by atoms with E-state index in [1.807, 2.05) is 43.4 Å². The van der Waals surface area contributed by atoms with Crippen molar-refractivity contribution in [1.82, 2.24) is 9.80 Å². The molecule has 27 heavy (non-hydrogen) atoms. The zero-order valence-electron chi connectivity index (χ0n) is 16.6. The first-order chi connectivity index (χ1) is 13.1. The summed E-state index contributed by atoms with van der Waals surface area (Å²) in [5, 5.41) is 0. The fourth-order valence-electron chi connectivity index (χ4n) is 3.61. The Morgan fingerprint density at radius 3 is 2.44 bits per heavy atom. The lowest BCUT2D eigenvalue weighted by molar-refractivity contribution is 0.0784. The van der Waals surface area contributed by atoms with Gasteiger partial charge in [0.05, 0.1) is 7.11 Å². The lowest BCUT2D eigenvalue weighted by Crippen LogP contribution is -2.32. The molecule has 0 unspecified atom stereocenters. The summed E-state index contributed by atoms with van der Waals surface area (Å²) < 4.78 is 5.38. The molecule has 0 N–H and O–H groups in total. The highest BCUT2D eigenvalue weighted by atomic mass is 16.5. The molecule has 1 aliphatic heterocycles. The van der Waals surface area contributed by atoms with Crippen LogP contribution in [0.1, 0.15) is 41.3 Å². The van der Waals surface area contributed by atoms with Crippen LogP contribution in [0.3, 0.4) is 0 Å². The summed E-state index contributed by atoms with van der Waals surface area (Å²) >= 11 is 0. The van der Waals surface area contributed by atoms with Crippen LogP contribution in [0.2, 0.25) is 0 Å². The van der Waals surface area contributed by atoms with Crippen LogP contribution < -0.4 is 4.74 Å². The van der Waals surface area contributed by atoms with E-state index in [1.165, 1.54) is 31.5 Å². The lowest BCUT2D eigenvalue weighted by Gasteiger charge is -2.30. The first-order valence-electron chi connectivity index (χ1n) is 9.75. The van der Waals surface area contributed by atoms with Gasteiger partial charge in [-0.15, -0.1) is 0 Å². The van der Waals surface area contributed by atoms with Crippen LogP contribution in [-0.4, -0.2) is 43.0 Å². The number of piperidine rings is 1. The molecule has 1 saturated heterocycles. The van der Waals surface area contributed by atoms with E-state index in [2.05, 4.69) is 24.0 Å². The highest BCUT2D eigenvalue weighted by molar-refractivity contribution is 5.94. The number of benzene rings is 2. The second kappa shape index (κ2) is 9.05. The predicted octanol–water partition coefficient (Wildman–Crippen LogP) is 4.20. The SMILES string of the molecule is COc1ccccc1CN(C)C(=O)c1ccc(CN2CCC(C)CC2)cc1. The van der Waals surface area contributed by atoms with E-state index in [9.17, 15) is 4.79 Å². The maximum atomic E-state index is 12.8. The van der Waals surface area contributed by atoms with E-state index in [1.54, 1.807) is 12.0 Å². The Kier molecular flexibility index (Phi) is 6.51. The van der Waals surface area contributed by atoms with Crippen molar-refractivity contribution >= 4 is 5.91 Å². The minimum atomic E-state index is 0.0271. The molecule has 144 valence electrons. The fourth-order valence-corrected chi connectivity index (χ4v) is 3.61. The maximum absolute atomic E-state index is 12.8. The van der Waals surface area contributed by atoms with E-state index in [0.29, 0.717) is 6.54 Å². The van der Waals surface area contributed by atoms with Crippen LogP contribution in [0.15, 0.2) is 48.5 Å². The van der Waals surface area contributed by atoms with Crippen LogP contribution in [0, 0.1) is 5.92 Å². The Labute approximate surface area is 162 Å². The number of hydrogen-bond acceptors (Lipinski definition) is 3. The second-order valence-corrected chi connectivity index (χ2v) is 7.63. The number of rotatable bonds is 6. The minimum absolute atomic E-state index is 0.0271. The Morgan fingerprint density at radius 1 is 1.11 bits per heavy atom. The van der Waals surface area contributed by atoms with E-state index < -0.39 is 0 Å². The second-order valence-electron chi connectivity index (χ2n) is 7.63. The molecule has 0 atom stereocenters. The van der Waals surface area contributed by atoms with Crippen molar-refractivity contribution in [2.75, 3.05) is 27.2 Å². The van der Waals surface area contributed by atoms with Gasteiger partial charge in [0.15, 0.2) is 0 Å². The number of methoxy groups -OCH3 is 1. The van der Waals surface area contributed by atoms with E-state index in [0.717, 1.165) is 29.3 Å². The van der Waals surface area contributed by atoms with Crippen LogP contribution in [0.25, 0.3) is 0 Å². The molecule has 0 spiro atoms. The first-order valence-corrected chi connectivity index (χ1v) is 9.75. The summed E-state index contributed by atoms with van der Waals surface area (Å²) in [6.07, 6.45) is 2.56. The van der Waals surface area contributed by atoms with Gasteiger partial charge in [0, 0.05) is 31.3 Å². The summed E-state index contributed by atoms with van der Waals surface area (Å²) in [5.41, 5.74) is 3.00. The third kappa shape index (κ3) is 5.10. The third-order valence-electron chi connectivity index (χ3n) is 5.43. The van der Waals surface area contributed by atoms with E-state index in [-0.39, 0.29) is 5.91 Å². The first kappa shape index (κ1) is 19.4. The summed E-state index contributed by atoms with van der Waals surface area (Å²) in [6.45, 7) is 6.17. The van der Waals surface area contributed by atoms with Gasteiger partial charge in [0.2, 0.25) is 0 Å². The smallest absolute Gasteiger partial charge is 0.253 e. The number of carbonyl (C=O) groups excluding carboxylic acids is 1. The molecular weight excluding hydrogens is 336 g/mol. The number of amides is 1. The molecule has 1 heterocycles. The molecule has 2 aromatic rings. The quantitative estimate of drug-likeness (QED) is 0.768. The maximum Gasteiger partial charge on any atom is 0.253 e. The average Bonchev–Trinajstić information content (AvgIpc) is 2.70. The van der Waals surface area contributed by atoms with Crippen LogP contribution in [0.5, 0.6) is 5.75 Å². The molecule has 1 amide bonds. The minimum Gasteiger partial charge on any atom is -0.496 e. The molecule has 3 rings (SSSR count). The Morgan fingerprint density at radius 2 is 1.78 bits per heavy atom. The van der Waals surface area contributed by atoms with Gasteiger partial charge >= 0.3 is 0 Å². The highest BCUT2D eigenvalue weighted by Gasteiger charge is 2.17. The molecule has 1 aliphatic rings. The number of hydrogen-bond donors (Lipinski definition) is 0. The van der Waals surface area contributed by atoms with Crippen molar-refractivity contribution in [1.29, 1.82) is 0 Å². The molecule has 4 nitrogen and oxygen atoms in total. The van der Waals surface area contributed by atoms with Gasteiger partial charge in [-0.3, -0.25) is 9.69 Å². The summed E-state index contributed by atoms with van der Waals surface area (Å²) in [7, 11) is 3.49. The van der Waals surface area contributed by atoms with Gasteiger partial charge < -0.3 is 9.64 Å². The summed E-state index contributed by atoms with van der Waals surface area (Å²) in [6, 6.07) is 15.9. The molecule has 0 aliphatic carbocycles. The van der Waals surface area contributed by atoms with Crippen molar-refractivity contribution in [2.24, 2.45) is 5.92 Å². The Hall–Kier alpha value is -2.33. The standard InChI is InChI=1S/C23H30N2O2/c1-18-12-14-25(15-13-18)16-19-8-10-20(11-9-19)23(26)24(2)17-21-6-4-5-7-22(21)27-3/h4-11,18H,12-17H2,1-3H3. The van der Waals surface area contributed by atoms with Crippen LogP contribution in [-0.2, 0) is 13.1 Å². The zero-order valence-corrected chi connectivity index (χ0v) is 16.6. The van der Waals surface area contributed by atoms with Gasteiger partial charge in [-0.05, 0) is 55.6 Å². The molecule has 0 aromatic heterocycles. The normalized spacial score (nSPS) is 15.5. The van der Waals surface area contributed by atoms with Crippen molar-refractivity contribution < 1.29 is 9.53 Å². The Bertz CT molecular complexity index is 749. The average molecular weight is 367 g/mol.